The number of ether oxygens (including phenoxy) is 3. The zero-order valence-electron chi connectivity index (χ0n) is 22.9. The van der Waals surface area contributed by atoms with Crippen LogP contribution >= 0.6 is 0 Å². The molecule has 0 N–H and O–H groups in total. The number of fused-ring (bicyclic) bond motifs is 3. The maximum absolute atomic E-state index is 13.7. The van der Waals surface area contributed by atoms with Crippen molar-refractivity contribution in [3.8, 4) is 28.6 Å². The number of benzene rings is 5. The molecular weight excluding hydrogens is 571 g/mol. The standard InChI is InChI=1S/C34H22F3N3O4/c35-34(36,37)24-8-5-7-23(17-24)32-39-28-11-4-3-10-26(28)33(41)40(32)38-18-27-25-9-2-1-6-22(25)13-15-29(27)42-19-21-12-14-30-31(16-21)44-20-43-30/h1-18H,19-20H2. The SMILES string of the molecule is O=c1c2ccccc2nc(-c2cccc(C(F)(F)F)c2)n1N=Cc1c(OCc2ccc3c(c2)OCO3)ccc2ccccc12. The van der Waals surface area contributed by atoms with Crippen LogP contribution in [0.25, 0.3) is 33.1 Å². The van der Waals surface area contributed by atoms with Crippen molar-refractivity contribution < 1.29 is 27.4 Å². The van der Waals surface area contributed by atoms with Gasteiger partial charge in [0.25, 0.3) is 5.56 Å². The molecule has 0 spiro atoms. The second-order valence-corrected chi connectivity index (χ2v) is 10.1. The lowest BCUT2D eigenvalue weighted by Crippen LogP contribution is -2.20. The van der Waals surface area contributed by atoms with Crippen LogP contribution in [-0.4, -0.2) is 22.7 Å². The molecule has 2 heterocycles. The van der Waals surface area contributed by atoms with Gasteiger partial charge in [-0.25, -0.2) is 4.98 Å². The summed E-state index contributed by atoms with van der Waals surface area (Å²) in [5.41, 5.74) is 0.487. The van der Waals surface area contributed by atoms with Gasteiger partial charge in [0.15, 0.2) is 17.3 Å². The number of para-hydroxylation sites is 1. The number of rotatable bonds is 6. The first-order chi connectivity index (χ1) is 21.3. The lowest BCUT2D eigenvalue weighted by molar-refractivity contribution is -0.137. The van der Waals surface area contributed by atoms with E-state index in [-0.39, 0.29) is 30.2 Å². The fourth-order valence-corrected chi connectivity index (χ4v) is 5.09. The molecule has 1 aliphatic rings. The van der Waals surface area contributed by atoms with E-state index in [4.69, 9.17) is 14.2 Å². The summed E-state index contributed by atoms with van der Waals surface area (Å²) in [6.45, 7) is 0.374. The van der Waals surface area contributed by atoms with Gasteiger partial charge in [0.1, 0.15) is 12.4 Å². The number of alkyl halides is 3. The molecule has 5 aromatic carbocycles. The molecule has 10 heteroatoms. The van der Waals surface area contributed by atoms with E-state index in [2.05, 4.69) is 10.1 Å². The van der Waals surface area contributed by atoms with E-state index >= 15 is 0 Å². The van der Waals surface area contributed by atoms with Gasteiger partial charge in [-0.15, -0.1) is 0 Å². The maximum atomic E-state index is 13.7. The van der Waals surface area contributed by atoms with E-state index in [1.807, 2.05) is 54.6 Å². The molecule has 218 valence electrons. The Labute approximate surface area is 248 Å². The van der Waals surface area contributed by atoms with E-state index in [9.17, 15) is 18.0 Å². The fraction of sp³-hybridized carbons (Fsp3) is 0.0882. The average Bonchev–Trinajstić information content (AvgIpc) is 3.51. The molecule has 0 unspecified atom stereocenters. The summed E-state index contributed by atoms with van der Waals surface area (Å²) in [6.07, 6.45) is -3.10. The van der Waals surface area contributed by atoms with Gasteiger partial charge in [-0.05, 0) is 58.8 Å². The van der Waals surface area contributed by atoms with Gasteiger partial charge < -0.3 is 14.2 Å². The van der Waals surface area contributed by atoms with Crippen molar-refractivity contribution in [1.29, 1.82) is 0 Å². The van der Waals surface area contributed by atoms with E-state index in [1.165, 1.54) is 18.3 Å². The monoisotopic (exact) mass is 593 g/mol. The van der Waals surface area contributed by atoms with Gasteiger partial charge in [0.05, 0.1) is 22.7 Å². The highest BCUT2D eigenvalue weighted by atomic mass is 19.4. The summed E-state index contributed by atoms with van der Waals surface area (Å²) in [7, 11) is 0. The van der Waals surface area contributed by atoms with Crippen molar-refractivity contribution >= 4 is 27.9 Å². The van der Waals surface area contributed by atoms with Crippen LogP contribution in [0.1, 0.15) is 16.7 Å². The highest BCUT2D eigenvalue weighted by Gasteiger charge is 2.31. The molecule has 7 rings (SSSR count). The fourth-order valence-electron chi connectivity index (χ4n) is 5.09. The molecule has 6 aromatic rings. The number of halogens is 3. The molecule has 0 aliphatic carbocycles. The van der Waals surface area contributed by atoms with Crippen molar-refractivity contribution in [3.63, 3.8) is 0 Å². The first-order valence-corrected chi connectivity index (χ1v) is 13.6. The molecule has 0 fully saturated rings. The number of hydrogen-bond donors (Lipinski definition) is 0. The number of nitrogens with zero attached hydrogens (tertiary/aromatic N) is 3. The maximum Gasteiger partial charge on any atom is 0.416 e. The summed E-state index contributed by atoms with van der Waals surface area (Å²) >= 11 is 0. The Balaban J connectivity index is 1.34. The third kappa shape index (κ3) is 5.11. The molecular formula is C34H22F3N3O4. The molecule has 0 bridgehead atoms. The van der Waals surface area contributed by atoms with Crippen LogP contribution < -0.4 is 19.8 Å². The highest BCUT2D eigenvalue weighted by molar-refractivity contribution is 6.02. The Morgan fingerprint density at radius 2 is 1.66 bits per heavy atom. The predicted molar refractivity (Wildman–Crippen MR) is 160 cm³/mol. The van der Waals surface area contributed by atoms with Crippen molar-refractivity contribution in [3.05, 3.63) is 130 Å². The molecule has 0 amide bonds. The normalized spacial score (nSPS) is 12.8. The smallest absolute Gasteiger partial charge is 0.416 e. The Hall–Kier alpha value is -5.64. The molecule has 7 nitrogen and oxygen atoms in total. The van der Waals surface area contributed by atoms with Crippen LogP contribution in [0, 0.1) is 0 Å². The minimum atomic E-state index is -4.57. The number of hydrogen-bond acceptors (Lipinski definition) is 6. The second-order valence-electron chi connectivity index (χ2n) is 10.1. The zero-order chi connectivity index (χ0) is 30.3. The van der Waals surface area contributed by atoms with Gasteiger partial charge in [-0.2, -0.15) is 22.9 Å². The first-order valence-electron chi connectivity index (χ1n) is 13.6. The van der Waals surface area contributed by atoms with Gasteiger partial charge in [-0.1, -0.05) is 60.7 Å². The van der Waals surface area contributed by atoms with Crippen molar-refractivity contribution in [1.82, 2.24) is 9.66 Å². The Morgan fingerprint density at radius 1 is 0.864 bits per heavy atom. The minimum absolute atomic E-state index is 0.0286. The van der Waals surface area contributed by atoms with E-state index in [0.29, 0.717) is 28.3 Å². The molecule has 0 radical (unpaired) electrons. The van der Waals surface area contributed by atoms with E-state index in [1.54, 1.807) is 24.3 Å². The van der Waals surface area contributed by atoms with Crippen molar-refractivity contribution in [2.24, 2.45) is 5.10 Å². The van der Waals surface area contributed by atoms with E-state index in [0.717, 1.165) is 33.1 Å². The molecule has 0 saturated heterocycles. The average molecular weight is 594 g/mol. The third-order valence-electron chi connectivity index (χ3n) is 7.27. The molecule has 44 heavy (non-hydrogen) atoms. The summed E-state index contributed by atoms with van der Waals surface area (Å²) in [5, 5.41) is 6.52. The summed E-state index contributed by atoms with van der Waals surface area (Å²) < 4.78 is 58.9. The quantitative estimate of drug-likeness (QED) is 0.188. The zero-order valence-corrected chi connectivity index (χ0v) is 22.9. The van der Waals surface area contributed by atoms with Crippen LogP contribution in [0.5, 0.6) is 17.2 Å². The summed E-state index contributed by atoms with van der Waals surface area (Å²) in [5.74, 6) is 1.77. The first kappa shape index (κ1) is 27.2. The van der Waals surface area contributed by atoms with Crippen molar-refractivity contribution in [2.75, 3.05) is 6.79 Å². The second kappa shape index (κ2) is 10.9. The Kier molecular flexibility index (Phi) is 6.73. The van der Waals surface area contributed by atoms with Gasteiger partial charge >= 0.3 is 6.18 Å². The predicted octanol–water partition coefficient (Wildman–Crippen LogP) is 7.43. The van der Waals surface area contributed by atoms with Crippen LogP contribution in [0.15, 0.2) is 113 Å². The van der Waals surface area contributed by atoms with Gasteiger partial charge in [0.2, 0.25) is 6.79 Å². The Morgan fingerprint density at radius 3 is 2.52 bits per heavy atom. The minimum Gasteiger partial charge on any atom is -0.488 e. The summed E-state index contributed by atoms with van der Waals surface area (Å²) in [6, 6.07) is 28.2. The summed E-state index contributed by atoms with van der Waals surface area (Å²) in [4.78, 5) is 18.3. The van der Waals surface area contributed by atoms with Crippen LogP contribution in [0.2, 0.25) is 0 Å². The highest BCUT2D eigenvalue weighted by Crippen LogP contribution is 2.34. The molecule has 1 aliphatic heterocycles. The molecule has 1 aromatic heterocycles. The van der Waals surface area contributed by atoms with Crippen molar-refractivity contribution in [2.45, 2.75) is 12.8 Å². The van der Waals surface area contributed by atoms with E-state index < -0.39 is 17.3 Å². The third-order valence-corrected chi connectivity index (χ3v) is 7.27. The van der Waals surface area contributed by atoms with Gasteiger partial charge in [-0.3, -0.25) is 4.79 Å². The number of aromatic nitrogens is 2. The van der Waals surface area contributed by atoms with Crippen LogP contribution in [0.4, 0.5) is 13.2 Å². The van der Waals surface area contributed by atoms with Gasteiger partial charge in [0, 0.05) is 11.1 Å². The Bertz CT molecular complexity index is 2140. The lowest BCUT2D eigenvalue weighted by atomic mass is 10.0. The van der Waals surface area contributed by atoms with Crippen LogP contribution in [-0.2, 0) is 12.8 Å². The molecule has 0 saturated carbocycles. The topological polar surface area (TPSA) is 74.9 Å². The largest absolute Gasteiger partial charge is 0.488 e. The van der Waals surface area contributed by atoms with Crippen LogP contribution in [0.3, 0.4) is 0 Å². The lowest BCUT2D eigenvalue weighted by Gasteiger charge is -2.14. The molecule has 0 atom stereocenters.